The molecule has 2 amide bonds. The van der Waals surface area contributed by atoms with Crippen LogP contribution in [0.4, 0.5) is 35.1 Å². The van der Waals surface area contributed by atoms with Gasteiger partial charge in [-0.25, -0.2) is 18.3 Å². The lowest BCUT2D eigenvalue weighted by Crippen LogP contribution is -2.39. The van der Waals surface area contributed by atoms with Crippen molar-refractivity contribution in [3.05, 3.63) is 47.7 Å². The number of alkyl halides is 8. The van der Waals surface area contributed by atoms with Crippen molar-refractivity contribution in [1.29, 1.82) is 0 Å². The fourth-order valence-electron chi connectivity index (χ4n) is 4.49. The first-order valence-electron chi connectivity index (χ1n) is 12.2. The number of fused-ring (bicyclic) bond motifs is 1. The fraction of sp³-hybridized carbons (Fsp3) is 0.522. The van der Waals surface area contributed by atoms with Gasteiger partial charge in [0, 0.05) is 24.8 Å². The summed E-state index contributed by atoms with van der Waals surface area (Å²) in [5, 5.41) is 21.8. The molecular formula is C23H23F8N7O3. The number of imidazole rings is 1. The first-order chi connectivity index (χ1) is 19.0. The molecule has 1 aliphatic rings. The van der Waals surface area contributed by atoms with E-state index in [-0.39, 0.29) is 29.7 Å². The first-order valence-corrected chi connectivity index (χ1v) is 12.2. The van der Waals surface area contributed by atoms with Crippen LogP contribution in [0.15, 0.2) is 30.7 Å². The van der Waals surface area contributed by atoms with Crippen LogP contribution in [-0.4, -0.2) is 53.4 Å². The quantitative estimate of drug-likeness (QED) is 0.265. The van der Waals surface area contributed by atoms with Gasteiger partial charge in [-0.2, -0.15) is 28.1 Å². The van der Waals surface area contributed by atoms with Crippen molar-refractivity contribution in [1.82, 2.24) is 35.0 Å². The maximum absolute atomic E-state index is 13.8. The summed E-state index contributed by atoms with van der Waals surface area (Å²) in [5.74, 6) is -5.82. The predicted octanol–water partition coefficient (Wildman–Crippen LogP) is 4.15. The van der Waals surface area contributed by atoms with Gasteiger partial charge in [-0.05, 0) is 30.9 Å². The second-order valence-electron chi connectivity index (χ2n) is 9.58. The van der Waals surface area contributed by atoms with Crippen LogP contribution in [0.2, 0.25) is 0 Å². The van der Waals surface area contributed by atoms with Crippen molar-refractivity contribution in [3.8, 4) is 0 Å². The van der Waals surface area contributed by atoms with Crippen LogP contribution in [0.25, 0.3) is 5.65 Å². The molecule has 3 N–H and O–H groups in total. The van der Waals surface area contributed by atoms with Crippen molar-refractivity contribution in [2.75, 3.05) is 0 Å². The zero-order valence-electron chi connectivity index (χ0n) is 20.9. The van der Waals surface area contributed by atoms with Gasteiger partial charge in [0.25, 0.3) is 5.91 Å². The minimum atomic E-state index is -5.00. The van der Waals surface area contributed by atoms with Gasteiger partial charge in [-0.1, -0.05) is 0 Å². The van der Waals surface area contributed by atoms with E-state index in [2.05, 4.69) is 20.5 Å². The number of nitrogens with zero attached hydrogens (tertiary/aromatic N) is 5. The molecule has 0 unspecified atom stereocenters. The molecule has 3 aromatic rings. The highest BCUT2D eigenvalue weighted by Gasteiger charge is 2.41. The number of aromatic nitrogens is 5. The summed E-state index contributed by atoms with van der Waals surface area (Å²) in [6.07, 6.45) is -11.6. The Balaban J connectivity index is 1.58. The zero-order valence-corrected chi connectivity index (χ0v) is 20.9. The average molecular weight is 597 g/mol. The molecule has 10 nitrogen and oxygen atoms in total. The highest BCUT2D eigenvalue weighted by Crippen LogP contribution is 2.41. The first kappa shape index (κ1) is 30.1. The minimum absolute atomic E-state index is 0.0295. The Morgan fingerprint density at radius 2 is 1.78 bits per heavy atom. The lowest BCUT2D eigenvalue weighted by atomic mass is 9.81. The van der Waals surface area contributed by atoms with Crippen LogP contribution >= 0.6 is 0 Å². The third kappa shape index (κ3) is 7.47. The monoisotopic (exact) mass is 597 g/mol. The fourth-order valence-corrected chi connectivity index (χ4v) is 4.49. The number of carbonyl (C=O) groups excluding carboxylic acids is 2. The van der Waals surface area contributed by atoms with Crippen LogP contribution in [0.1, 0.15) is 72.5 Å². The SMILES string of the molecule is O=C(CCC(F)(F)F)N[C@H](O)c1cnn2cc([C@@H](NC(=O)c3ccnn3C(F)(F)F)C3CCC(F)(F)CC3)nc2c1. The Labute approximate surface area is 225 Å². The Hall–Kier alpha value is -3.83. The molecule has 0 aliphatic heterocycles. The number of carbonyl (C=O) groups is 2. The third-order valence-electron chi connectivity index (χ3n) is 6.56. The second kappa shape index (κ2) is 11.2. The van der Waals surface area contributed by atoms with Crippen molar-refractivity contribution in [2.45, 2.75) is 69.2 Å². The Morgan fingerprint density at radius 1 is 1.10 bits per heavy atom. The number of hydrogen-bond donors (Lipinski definition) is 3. The topological polar surface area (TPSA) is 126 Å². The second-order valence-corrected chi connectivity index (χ2v) is 9.58. The lowest BCUT2D eigenvalue weighted by Gasteiger charge is -2.33. The molecule has 1 fully saturated rings. The molecule has 1 saturated carbocycles. The van der Waals surface area contributed by atoms with E-state index in [1.807, 2.05) is 5.32 Å². The van der Waals surface area contributed by atoms with Crippen LogP contribution in [0.3, 0.4) is 0 Å². The largest absolute Gasteiger partial charge is 0.505 e. The van der Waals surface area contributed by atoms with Gasteiger partial charge in [0.05, 0.1) is 36.7 Å². The molecule has 4 rings (SSSR count). The molecule has 3 heterocycles. The normalized spacial score (nSPS) is 17.8. The number of rotatable bonds is 8. The van der Waals surface area contributed by atoms with Gasteiger partial charge < -0.3 is 15.7 Å². The molecule has 0 radical (unpaired) electrons. The molecule has 1 aliphatic carbocycles. The Bertz CT molecular complexity index is 1390. The predicted molar refractivity (Wildman–Crippen MR) is 122 cm³/mol. The lowest BCUT2D eigenvalue weighted by molar-refractivity contribution is -0.213. The van der Waals surface area contributed by atoms with Crippen LogP contribution in [0, 0.1) is 5.92 Å². The highest BCUT2D eigenvalue weighted by atomic mass is 19.4. The number of aliphatic hydroxyl groups excluding tert-OH is 1. The van der Waals surface area contributed by atoms with E-state index in [0.717, 1.165) is 18.5 Å². The van der Waals surface area contributed by atoms with E-state index >= 15 is 0 Å². The Kier molecular flexibility index (Phi) is 8.24. The number of amides is 2. The summed E-state index contributed by atoms with van der Waals surface area (Å²) in [6, 6.07) is 0.960. The molecular weight excluding hydrogens is 574 g/mol. The van der Waals surface area contributed by atoms with Gasteiger partial charge in [0.15, 0.2) is 11.9 Å². The Morgan fingerprint density at radius 3 is 2.41 bits per heavy atom. The summed E-state index contributed by atoms with van der Waals surface area (Å²) >= 11 is 0. The smallest absolute Gasteiger partial charge is 0.369 e. The van der Waals surface area contributed by atoms with E-state index < -0.39 is 84.5 Å². The number of halogens is 8. The molecule has 0 spiro atoms. The third-order valence-corrected chi connectivity index (χ3v) is 6.56. The van der Waals surface area contributed by atoms with E-state index in [0.29, 0.717) is 0 Å². The summed E-state index contributed by atoms with van der Waals surface area (Å²) in [7, 11) is 0. The maximum Gasteiger partial charge on any atom is 0.505 e. The maximum atomic E-state index is 13.8. The van der Waals surface area contributed by atoms with Gasteiger partial charge in [-0.3, -0.25) is 9.59 Å². The van der Waals surface area contributed by atoms with Crippen LogP contribution in [-0.2, 0) is 11.1 Å². The molecule has 0 aromatic carbocycles. The molecule has 41 heavy (non-hydrogen) atoms. The average Bonchev–Trinajstić information content (AvgIpc) is 3.53. The van der Waals surface area contributed by atoms with E-state index in [9.17, 15) is 49.8 Å². The van der Waals surface area contributed by atoms with Crippen LogP contribution in [0.5, 0.6) is 0 Å². The van der Waals surface area contributed by atoms with Gasteiger partial charge in [0.1, 0.15) is 5.69 Å². The molecule has 0 bridgehead atoms. The van der Waals surface area contributed by atoms with Crippen molar-refractivity contribution in [2.24, 2.45) is 5.92 Å². The summed E-state index contributed by atoms with van der Waals surface area (Å²) in [4.78, 5) is 28.9. The molecule has 224 valence electrons. The standard InChI is InChI=1S/C23H23F8N7O3/c24-21(25)5-1-12(2-6-21)18(36-20(41)15-4-8-32-38(15)23(29,30)31)14-11-37-16(34-14)9-13(10-33-37)19(40)35-17(39)3-7-22(26,27)28/h4,8-12,18-19,40H,1-3,5-7H2,(H,35,39)(H,36,41)/t18-,19+/m0/s1. The van der Waals surface area contributed by atoms with E-state index in [4.69, 9.17) is 0 Å². The summed E-state index contributed by atoms with van der Waals surface area (Å²) in [5.41, 5.74) is -0.791. The zero-order chi connectivity index (χ0) is 30.2. The van der Waals surface area contributed by atoms with Crippen LogP contribution < -0.4 is 10.6 Å². The number of hydrogen-bond acceptors (Lipinski definition) is 6. The molecule has 18 heteroatoms. The van der Waals surface area contributed by atoms with Gasteiger partial charge >= 0.3 is 12.5 Å². The molecule has 0 saturated heterocycles. The highest BCUT2D eigenvalue weighted by molar-refractivity contribution is 5.92. The molecule has 3 aromatic heterocycles. The summed E-state index contributed by atoms with van der Waals surface area (Å²) < 4.78 is 105. The minimum Gasteiger partial charge on any atom is -0.369 e. The van der Waals surface area contributed by atoms with Gasteiger partial charge in [0.2, 0.25) is 11.8 Å². The van der Waals surface area contributed by atoms with Gasteiger partial charge in [-0.15, -0.1) is 13.2 Å². The number of nitrogens with one attached hydrogen (secondary N) is 2. The molecule has 2 atom stereocenters. The van der Waals surface area contributed by atoms with E-state index in [1.165, 1.54) is 16.8 Å². The van der Waals surface area contributed by atoms with Crippen molar-refractivity contribution < 1.29 is 49.8 Å². The number of aliphatic hydroxyl groups is 1. The van der Waals surface area contributed by atoms with Crippen molar-refractivity contribution in [3.63, 3.8) is 0 Å². The van der Waals surface area contributed by atoms with E-state index in [1.54, 1.807) is 0 Å². The summed E-state index contributed by atoms with van der Waals surface area (Å²) in [6.45, 7) is 0. The van der Waals surface area contributed by atoms with Crippen molar-refractivity contribution >= 4 is 17.5 Å².